The molecule has 1 N–H and O–H groups in total. The highest BCUT2D eigenvalue weighted by molar-refractivity contribution is 5.97. The number of nitro groups is 1. The number of carbonyl (C=O) groups is 2. The van der Waals surface area contributed by atoms with Crippen LogP contribution in [0.2, 0.25) is 0 Å². The molecule has 0 radical (unpaired) electrons. The molecule has 7 heteroatoms. The molecule has 0 atom stereocenters. The van der Waals surface area contributed by atoms with E-state index >= 15 is 0 Å². The summed E-state index contributed by atoms with van der Waals surface area (Å²) in [6, 6.07) is 11.1. The summed E-state index contributed by atoms with van der Waals surface area (Å²) in [5.41, 5.74) is 1.84. The van der Waals surface area contributed by atoms with Gasteiger partial charge in [-0.05, 0) is 31.5 Å². The van der Waals surface area contributed by atoms with Crippen molar-refractivity contribution < 1.29 is 19.2 Å². The standard InChI is InChI=1S/C17H16N2O5/c1-11-7-8-12(2)13(9-11)17(21)24-10-16(20)18-14-5-3-4-6-15(14)19(22)23/h3-9H,10H2,1-2H3,(H,18,20). The third-order valence-electron chi connectivity index (χ3n) is 3.32. The highest BCUT2D eigenvalue weighted by atomic mass is 16.6. The van der Waals surface area contributed by atoms with Gasteiger partial charge in [0.05, 0.1) is 10.5 Å². The molecule has 0 unspecified atom stereocenters. The Morgan fingerprint density at radius 2 is 1.88 bits per heavy atom. The van der Waals surface area contributed by atoms with Gasteiger partial charge in [-0.1, -0.05) is 29.8 Å². The molecule has 0 fully saturated rings. The first-order valence-electron chi connectivity index (χ1n) is 7.16. The number of nitrogens with one attached hydrogen (secondary N) is 1. The molecule has 7 nitrogen and oxygen atoms in total. The van der Waals surface area contributed by atoms with Crippen LogP contribution in [-0.2, 0) is 9.53 Å². The van der Waals surface area contributed by atoms with Crippen molar-refractivity contribution in [3.05, 3.63) is 69.3 Å². The number of hydrogen-bond acceptors (Lipinski definition) is 5. The molecule has 1 amide bonds. The minimum atomic E-state index is -0.650. The zero-order chi connectivity index (χ0) is 17.7. The van der Waals surface area contributed by atoms with Crippen LogP contribution >= 0.6 is 0 Å². The SMILES string of the molecule is Cc1ccc(C)c(C(=O)OCC(=O)Nc2ccccc2[N+](=O)[O-])c1. The van der Waals surface area contributed by atoms with Crippen LogP contribution in [0.25, 0.3) is 0 Å². The number of esters is 1. The fourth-order valence-corrected chi connectivity index (χ4v) is 2.09. The first-order valence-corrected chi connectivity index (χ1v) is 7.16. The van der Waals surface area contributed by atoms with E-state index in [1.807, 2.05) is 13.0 Å². The number of ether oxygens (including phenoxy) is 1. The molecule has 0 aromatic heterocycles. The van der Waals surface area contributed by atoms with E-state index in [0.29, 0.717) is 5.56 Å². The molecule has 0 saturated heterocycles. The van der Waals surface area contributed by atoms with Crippen LogP contribution in [0.3, 0.4) is 0 Å². The third-order valence-corrected chi connectivity index (χ3v) is 3.32. The van der Waals surface area contributed by atoms with E-state index in [4.69, 9.17) is 4.74 Å². The van der Waals surface area contributed by atoms with Gasteiger partial charge in [0.15, 0.2) is 6.61 Å². The molecule has 0 aliphatic heterocycles. The van der Waals surface area contributed by atoms with Gasteiger partial charge in [-0.25, -0.2) is 4.79 Å². The largest absolute Gasteiger partial charge is 0.452 e. The lowest BCUT2D eigenvalue weighted by molar-refractivity contribution is -0.383. The molecule has 0 aliphatic carbocycles. The first kappa shape index (κ1) is 17.1. The van der Waals surface area contributed by atoms with Crippen molar-refractivity contribution >= 4 is 23.3 Å². The second-order valence-electron chi connectivity index (χ2n) is 5.22. The van der Waals surface area contributed by atoms with Crippen molar-refractivity contribution in [3.63, 3.8) is 0 Å². The summed E-state index contributed by atoms with van der Waals surface area (Å²) >= 11 is 0. The maximum Gasteiger partial charge on any atom is 0.338 e. The van der Waals surface area contributed by atoms with E-state index in [-0.39, 0.29) is 11.4 Å². The van der Waals surface area contributed by atoms with Crippen LogP contribution in [0.15, 0.2) is 42.5 Å². The van der Waals surface area contributed by atoms with E-state index in [0.717, 1.165) is 11.1 Å². The number of nitrogens with zero attached hydrogens (tertiary/aromatic N) is 1. The number of nitro benzene ring substituents is 1. The van der Waals surface area contributed by atoms with Gasteiger partial charge in [0, 0.05) is 6.07 Å². The van der Waals surface area contributed by atoms with Crippen LogP contribution < -0.4 is 5.32 Å². The average molecular weight is 328 g/mol. The summed E-state index contributed by atoms with van der Waals surface area (Å²) in [5, 5.41) is 13.3. The Bertz CT molecular complexity index is 801. The highest BCUT2D eigenvalue weighted by Crippen LogP contribution is 2.23. The minimum absolute atomic E-state index is 0.0512. The van der Waals surface area contributed by atoms with Crippen LogP contribution in [0.5, 0.6) is 0 Å². The molecule has 2 aromatic carbocycles. The average Bonchev–Trinajstić information content (AvgIpc) is 2.55. The number of hydrogen-bond donors (Lipinski definition) is 1. The second kappa shape index (κ2) is 7.36. The Kier molecular flexibility index (Phi) is 5.26. The van der Waals surface area contributed by atoms with Crippen LogP contribution in [0.1, 0.15) is 21.5 Å². The maximum atomic E-state index is 12.0. The molecule has 24 heavy (non-hydrogen) atoms. The van der Waals surface area contributed by atoms with E-state index in [1.54, 1.807) is 25.1 Å². The maximum absolute atomic E-state index is 12.0. The number of amides is 1. The lowest BCUT2D eigenvalue weighted by atomic mass is 10.1. The number of rotatable bonds is 5. The summed E-state index contributed by atoms with van der Waals surface area (Å²) in [5.74, 6) is -1.27. The summed E-state index contributed by atoms with van der Waals surface area (Å²) in [6.07, 6.45) is 0. The molecule has 124 valence electrons. The Morgan fingerprint density at radius 1 is 1.17 bits per heavy atom. The van der Waals surface area contributed by atoms with Gasteiger partial charge >= 0.3 is 5.97 Å². The van der Waals surface area contributed by atoms with Crippen molar-refractivity contribution in [1.29, 1.82) is 0 Å². The van der Waals surface area contributed by atoms with Gasteiger partial charge in [0.25, 0.3) is 11.6 Å². The van der Waals surface area contributed by atoms with E-state index in [2.05, 4.69) is 5.32 Å². The van der Waals surface area contributed by atoms with Gasteiger partial charge in [-0.2, -0.15) is 0 Å². The van der Waals surface area contributed by atoms with E-state index < -0.39 is 23.4 Å². The smallest absolute Gasteiger partial charge is 0.338 e. The molecular weight excluding hydrogens is 312 g/mol. The summed E-state index contributed by atoms with van der Waals surface area (Å²) in [6.45, 7) is 3.08. The predicted octanol–water partition coefficient (Wildman–Crippen LogP) is 3.01. The molecule has 0 spiro atoms. The lowest BCUT2D eigenvalue weighted by Gasteiger charge is -2.09. The van der Waals surface area contributed by atoms with Gasteiger partial charge < -0.3 is 10.1 Å². The molecule has 2 aromatic rings. The van der Waals surface area contributed by atoms with Gasteiger partial charge in [0.2, 0.25) is 0 Å². The zero-order valence-corrected chi connectivity index (χ0v) is 13.2. The minimum Gasteiger partial charge on any atom is -0.452 e. The van der Waals surface area contributed by atoms with E-state index in [1.165, 1.54) is 18.2 Å². The molecule has 2 rings (SSSR count). The monoisotopic (exact) mass is 328 g/mol. The van der Waals surface area contributed by atoms with Crippen LogP contribution in [0.4, 0.5) is 11.4 Å². The second-order valence-corrected chi connectivity index (χ2v) is 5.22. The topological polar surface area (TPSA) is 98.5 Å². The fourth-order valence-electron chi connectivity index (χ4n) is 2.09. The molecule has 0 saturated carbocycles. The van der Waals surface area contributed by atoms with Gasteiger partial charge in [-0.15, -0.1) is 0 Å². The van der Waals surface area contributed by atoms with E-state index in [9.17, 15) is 19.7 Å². The number of carbonyl (C=O) groups excluding carboxylic acids is 2. The summed E-state index contributed by atoms with van der Waals surface area (Å²) in [7, 11) is 0. The molecule has 0 aliphatic rings. The Labute approximate surface area is 138 Å². The van der Waals surface area contributed by atoms with Crippen LogP contribution in [-0.4, -0.2) is 23.4 Å². The summed E-state index contributed by atoms with van der Waals surface area (Å²) < 4.78 is 4.98. The Hall–Kier alpha value is -3.22. The van der Waals surface area contributed by atoms with Crippen molar-refractivity contribution in [3.8, 4) is 0 Å². The Balaban J connectivity index is 2.00. The molecular formula is C17H16N2O5. The lowest BCUT2D eigenvalue weighted by Crippen LogP contribution is -2.21. The van der Waals surface area contributed by atoms with Crippen molar-refractivity contribution in [2.45, 2.75) is 13.8 Å². The zero-order valence-electron chi connectivity index (χ0n) is 13.2. The first-order chi connectivity index (χ1) is 11.4. The van der Waals surface area contributed by atoms with Gasteiger partial charge in [0.1, 0.15) is 5.69 Å². The van der Waals surface area contributed by atoms with Crippen LogP contribution in [0, 0.1) is 24.0 Å². The normalized spacial score (nSPS) is 10.1. The predicted molar refractivity (Wildman–Crippen MR) is 87.9 cm³/mol. The fraction of sp³-hybridized carbons (Fsp3) is 0.176. The molecule has 0 bridgehead atoms. The Morgan fingerprint density at radius 3 is 2.58 bits per heavy atom. The molecule has 0 heterocycles. The quantitative estimate of drug-likeness (QED) is 0.517. The number of benzene rings is 2. The number of anilines is 1. The number of para-hydroxylation sites is 2. The number of aryl methyl sites for hydroxylation is 2. The van der Waals surface area contributed by atoms with Gasteiger partial charge in [-0.3, -0.25) is 14.9 Å². The van der Waals surface area contributed by atoms with Crippen molar-refractivity contribution in [2.24, 2.45) is 0 Å². The van der Waals surface area contributed by atoms with Crippen molar-refractivity contribution in [2.75, 3.05) is 11.9 Å². The third kappa shape index (κ3) is 4.16. The summed E-state index contributed by atoms with van der Waals surface area (Å²) in [4.78, 5) is 34.2. The van der Waals surface area contributed by atoms with Crippen molar-refractivity contribution in [1.82, 2.24) is 0 Å². The highest BCUT2D eigenvalue weighted by Gasteiger charge is 2.17.